The Balaban J connectivity index is 2.25. The molecule has 0 fully saturated rings. The van der Waals surface area contributed by atoms with E-state index in [1.807, 2.05) is 4.57 Å². The number of nitrogens with one attached hydrogen (secondary N) is 2. The molecule has 0 spiro atoms. The second-order valence-corrected chi connectivity index (χ2v) is 8.31. The number of ether oxygens (including phenoxy) is 1. The summed E-state index contributed by atoms with van der Waals surface area (Å²) in [5.74, 6) is -0.888. The number of likely N-dealkylation sites (N-methyl/N-ethyl adjacent to an activating group) is 1. The standard InChI is InChI=1S/C18H26BrN5O4/c1-10(2)12(14(25)20-6)21-15(26)13-11-9-23(17(27)28-18(3,4)5)7-8-24(11)16(19)22-13/h12H,1,7-9H2,2-6H3,(H,20,25)(H,21,26)/t12-/m0/s1. The first-order valence-corrected chi connectivity index (χ1v) is 9.64. The van der Waals surface area contributed by atoms with Crippen molar-refractivity contribution in [1.29, 1.82) is 0 Å². The van der Waals surface area contributed by atoms with Gasteiger partial charge in [0.25, 0.3) is 5.91 Å². The number of carbonyl (C=O) groups excluding carboxylic acids is 3. The third-order valence-corrected chi connectivity index (χ3v) is 4.71. The molecule has 1 aromatic rings. The fourth-order valence-electron chi connectivity index (χ4n) is 2.74. The number of hydrogen-bond acceptors (Lipinski definition) is 5. The summed E-state index contributed by atoms with van der Waals surface area (Å²) in [4.78, 5) is 43.0. The Morgan fingerprint density at radius 2 is 1.93 bits per heavy atom. The molecule has 0 aromatic carbocycles. The van der Waals surface area contributed by atoms with Gasteiger partial charge in [-0.25, -0.2) is 9.78 Å². The van der Waals surface area contributed by atoms with E-state index < -0.39 is 23.6 Å². The van der Waals surface area contributed by atoms with Crippen LogP contribution in [-0.2, 0) is 22.6 Å². The molecule has 0 bridgehead atoms. The third-order valence-electron chi connectivity index (χ3n) is 4.10. The van der Waals surface area contributed by atoms with Crippen molar-refractivity contribution < 1.29 is 19.1 Å². The van der Waals surface area contributed by atoms with Crippen LogP contribution < -0.4 is 10.6 Å². The molecule has 28 heavy (non-hydrogen) atoms. The first-order valence-electron chi connectivity index (χ1n) is 8.85. The predicted octanol–water partition coefficient (Wildman–Crippen LogP) is 1.82. The third kappa shape index (κ3) is 4.92. The number of halogens is 1. The minimum absolute atomic E-state index is 0.148. The first kappa shape index (κ1) is 21.9. The van der Waals surface area contributed by atoms with Crippen molar-refractivity contribution in [3.8, 4) is 0 Å². The van der Waals surface area contributed by atoms with Gasteiger partial charge in [0.05, 0.1) is 12.2 Å². The van der Waals surface area contributed by atoms with E-state index in [0.29, 0.717) is 29.1 Å². The Morgan fingerprint density at radius 1 is 1.29 bits per heavy atom. The number of rotatable bonds is 4. The van der Waals surface area contributed by atoms with Gasteiger partial charge in [0, 0.05) is 20.1 Å². The average molecular weight is 456 g/mol. The van der Waals surface area contributed by atoms with E-state index in [2.05, 4.69) is 38.1 Å². The number of amides is 3. The molecule has 0 saturated carbocycles. The van der Waals surface area contributed by atoms with E-state index in [-0.39, 0.29) is 18.1 Å². The van der Waals surface area contributed by atoms with Gasteiger partial charge in [0.1, 0.15) is 11.6 Å². The molecule has 1 aromatic heterocycles. The number of imidazole rings is 1. The number of aromatic nitrogens is 2. The van der Waals surface area contributed by atoms with Crippen LogP contribution >= 0.6 is 15.9 Å². The molecule has 0 radical (unpaired) electrons. The van der Waals surface area contributed by atoms with Crippen LogP contribution in [0.5, 0.6) is 0 Å². The SMILES string of the molecule is C=C(C)[C@H](NC(=O)c1nc(Br)n2c1CN(C(=O)OC(C)(C)C)CC2)C(=O)NC. The highest BCUT2D eigenvalue weighted by molar-refractivity contribution is 9.10. The summed E-state index contributed by atoms with van der Waals surface area (Å²) in [6.45, 7) is 11.9. The molecule has 2 rings (SSSR count). The van der Waals surface area contributed by atoms with Gasteiger partial charge in [0.2, 0.25) is 5.91 Å². The molecule has 154 valence electrons. The molecule has 1 aliphatic heterocycles. The lowest BCUT2D eigenvalue weighted by Gasteiger charge is -2.31. The van der Waals surface area contributed by atoms with Crippen molar-refractivity contribution in [3.05, 3.63) is 28.3 Å². The largest absolute Gasteiger partial charge is 0.444 e. The second kappa shape index (κ2) is 8.34. The minimum atomic E-state index is -0.876. The molecule has 1 atom stereocenters. The van der Waals surface area contributed by atoms with Crippen LogP contribution in [0.25, 0.3) is 0 Å². The van der Waals surface area contributed by atoms with Gasteiger partial charge in [-0.3, -0.25) is 9.59 Å². The van der Waals surface area contributed by atoms with Crippen LogP contribution in [0.1, 0.15) is 43.9 Å². The highest BCUT2D eigenvalue weighted by Crippen LogP contribution is 2.24. The minimum Gasteiger partial charge on any atom is -0.444 e. The Hall–Kier alpha value is -2.36. The highest BCUT2D eigenvalue weighted by atomic mass is 79.9. The Kier molecular flexibility index (Phi) is 6.53. The van der Waals surface area contributed by atoms with Crippen LogP contribution in [0.2, 0.25) is 0 Å². The number of carbonyl (C=O) groups is 3. The molecule has 1 aliphatic rings. The average Bonchev–Trinajstić information content (AvgIpc) is 2.93. The maximum Gasteiger partial charge on any atom is 0.410 e. The van der Waals surface area contributed by atoms with Crippen molar-refractivity contribution >= 4 is 33.8 Å². The van der Waals surface area contributed by atoms with Gasteiger partial charge in [-0.05, 0) is 49.2 Å². The van der Waals surface area contributed by atoms with Gasteiger partial charge in [-0.2, -0.15) is 0 Å². The molecular weight excluding hydrogens is 430 g/mol. The Bertz CT molecular complexity index is 812. The maximum absolute atomic E-state index is 12.8. The van der Waals surface area contributed by atoms with E-state index in [0.717, 1.165) is 0 Å². The molecular formula is C18H26BrN5O4. The smallest absolute Gasteiger partial charge is 0.410 e. The van der Waals surface area contributed by atoms with Crippen molar-refractivity contribution in [3.63, 3.8) is 0 Å². The second-order valence-electron chi connectivity index (χ2n) is 7.60. The summed E-state index contributed by atoms with van der Waals surface area (Å²) in [6, 6.07) is -0.876. The van der Waals surface area contributed by atoms with Crippen molar-refractivity contribution in [2.75, 3.05) is 13.6 Å². The van der Waals surface area contributed by atoms with E-state index in [4.69, 9.17) is 4.74 Å². The lowest BCUT2D eigenvalue weighted by Crippen LogP contribution is -2.47. The lowest BCUT2D eigenvalue weighted by molar-refractivity contribution is -0.121. The quantitative estimate of drug-likeness (QED) is 0.673. The van der Waals surface area contributed by atoms with Crippen LogP contribution in [0.4, 0.5) is 4.79 Å². The van der Waals surface area contributed by atoms with Gasteiger partial charge >= 0.3 is 6.09 Å². The number of nitrogens with zero attached hydrogens (tertiary/aromatic N) is 3. The van der Waals surface area contributed by atoms with E-state index in [1.54, 1.807) is 27.7 Å². The van der Waals surface area contributed by atoms with Gasteiger partial charge in [-0.15, -0.1) is 0 Å². The fourth-order valence-corrected chi connectivity index (χ4v) is 3.31. The number of hydrogen-bond donors (Lipinski definition) is 2. The normalized spacial score (nSPS) is 14.7. The molecule has 0 aliphatic carbocycles. The van der Waals surface area contributed by atoms with Gasteiger partial charge in [0.15, 0.2) is 10.4 Å². The monoisotopic (exact) mass is 455 g/mol. The molecule has 2 N–H and O–H groups in total. The first-order chi connectivity index (χ1) is 12.9. The van der Waals surface area contributed by atoms with Crippen molar-refractivity contribution in [2.45, 2.75) is 52.4 Å². The summed E-state index contributed by atoms with van der Waals surface area (Å²) in [5, 5.41) is 5.14. The molecule has 0 unspecified atom stereocenters. The maximum atomic E-state index is 12.8. The van der Waals surface area contributed by atoms with Crippen LogP contribution in [-0.4, -0.2) is 57.6 Å². The topological polar surface area (TPSA) is 106 Å². The van der Waals surface area contributed by atoms with Gasteiger partial charge in [-0.1, -0.05) is 6.58 Å². The van der Waals surface area contributed by atoms with E-state index in [9.17, 15) is 14.4 Å². The molecule has 9 nitrogen and oxygen atoms in total. The summed E-state index contributed by atoms with van der Waals surface area (Å²) in [7, 11) is 1.48. The predicted molar refractivity (Wildman–Crippen MR) is 107 cm³/mol. The molecule has 10 heteroatoms. The highest BCUT2D eigenvalue weighted by Gasteiger charge is 2.32. The zero-order valence-electron chi connectivity index (χ0n) is 16.8. The van der Waals surface area contributed by atoms with E-state index >= 15 is 0 Å². The molecule has 3 amide bonds. The summed E-state index contributed by atoms with van der Waals surface area (Å²) in [5.41, 5.74) is 0.599. The van der Waals surface area contributed by atoms with Crippen LogP contribution in [0, 0.1) is 0 Å². The zero-order chi connectivity index (χ0) is 21.2. The van der Waals surface area contributed by atoms with Crippen LogP contribution in [0.3, 0.4) is 0 Å². The number of fused-ring (bicyclic) bond motifs is 1. The fraction of sp³-hybridized carbons (Fsp3) is 0.556. The van der Waals surface area contributed by atoms with E-state index in [1.165, 1.54) is 11.9 Å². The Morgan fingerprint density at radius 3 is 2.46 bits per heavy atom. The van der Waals surface area contributed by atoms with Crippen LogP contribution in [0.15, 0.2) is 16.9 Å². The molecule has 2 heterocycles. The van der Waals surface area contributed by atoms with Gasteiger partial charge < -0.3 is 24.8 Å². The zero-order valence-corrected chi connectivity index (χ0v) is 18.3. The van der Waals surface area contributed by atoms with Crippen molar-refractivity contribution in [2.24, 2.45) is 0 Å². The molecule has 0 saturated heterocycles. The lowest BCUT2D eigenvalue weighted by atomic mass is 10.1. The Labute approximate surface area is 172 Å². The summed E-state index contributed by atoms with van der Waals surface area (Å²) >= 11 is 3.36. The summed E-state index contributed by atoms with van der Waals surface area (Å²) in [6.07, 6.45) is -0.451. The van der Waals surface area contributed by atoms with Crippen molar-refractivity contribution in [1.82, 2.24) is 25.1 Å². The summed E-state index contributed by atoms with van der Waals surface area (Å²) < 4.78 is 7.74.